The highest BCUT2D eigenvalue weighted by Gasteiger charge is 2.38. The van der Waals surface area contributed by atoms with Gasteiger partial charge in [0.25, 0.3) is 5.91 Å². The third-order valence-electron chi connectivity index (χ3n) is 6.07. The van der Waals surface area contributed by atoms with Crippen LogP contribution in [0.3, 0.4) is 0 Å². The Morgan fingerprint density at radius 3 is 2.73 bits per heavy atom. The fraction of sp³-hybridized carbons (Fsp3) is 0.407. The molecular formula is C27H32F3N7O3. The number of nitrogens with zero attached hydrogens (tertiary/aromatic N) is 5. The second-order valence-corrected chi connectivity index (χ2v) is 9.30. The van der Waals surface area contributed by atoms with Gasteiger partial charge >= 0.3 is 6.18 Å². The first-order valence-corrected chi connectivity index (χ1v) is 13.0. The van der Waals surface area contributed by atoms with Crippen molar-refractivity contribution >= 4 is 23.1 Å². The molecule has 1 aromatic carbocycles. The van der Waals surface area contributed by atoms with Gasteiger partial charge in [-0.15, -0.1) is 0 Å². The van der Waals surface area contributed by atoms with E-state index in [1.807, 2.05) is 19.9 Å². The summed E-state index contributed by atoms with van der Waals surface area (Å²) in [6.45, 7) is 6.56. The molecule has 13 heteroatoms. The number of carbonyl (C=O) groups is 1. The summed E-state index contributed by atoms with van der Waals surface area (Å²) in [7, 11) is 0. The molecule has 0 radical (unpaired) electrons. The Labute approximate surface area is 229 Å². The minimum absolute atomic E-state index is 0.0643. The lowest BCUT2D eigenvalue weighted by molar-refractivity contribution is -0.141. The SMILES string of the molecule is CCCn1cc(-c2cnc3c(Nc4ccc(C(=O)NCCOC[C@@H](C)O)c(CC)c4)nccn23)c(C(F)(F)F)n1. The Morgan fingerprint density at radius 1 is 1.23 bits per heavy atom. The number of hydrogen-bond donors (Lipinski definition) is 3. The molecule has 0 aliphatic carbocycles. The van der Waals surface area contributed by atoms with Crippen molar-refractivity contribution in [1.82, 2.24) is 29.5 Å². The van der Waals surface area contributed by atoms with Gasteiger partial charge in [-0.1, -0.05) is 13.8 Å². The van der Waals surface area contributed by atoms with Gasteiger partial charge in [0, 0.05) is 42.9 Å². The summed E-state index contributed by atoms with van der Waals surface area (Å²) < 4.78 is 49.5. The Kier molecular flexibility index (Phi) is 9.05. The van der Waals surface area contributed by atoms with Crippen LogP contribution in [0.4, 0.5) is 24.7 Å². The van der Waals surface area contributed by atoms with E-state index in [2.05, 4.69) is 25.7 Å². The minimum Gasteiger partial charge on any atom is -0.391 e. The first kappa shape index (κ1) is 29.0. The van der Waals surface area contributed by atoms with E-state index in [9.17, 15) is 23.1 Å². The number of aliphatic hydroxyl groups excluding tert-OH is 1. The van der Waals surface area contributed by atoms with Crippen LogP contribution in [0.2, 0.25) is 0 Å². The molecule has 0 aliphatic heterocycles. The molecule has 0 saturated heterocycles. The highest BCUT2D eigenvalue weighted by atomic mass is 19.4. The molecule has 40 heavy (non-hydrogen) atoms. The van der Waals surface area contributed by atoms with Crippen LogP contribution < -0.4 is 10.6 Å². The summed E-state index contributed by atoms with van der Waals surface area (Å²) in [5.74, 6) is 0.101. The Balaban J connectivity index is 1.57. The second kappa shape index (κ2) is 12.5. The van der Waals surface area contributed by atoms with Gasteiger partial charge in [0.15, 0.2) is 17.2 Å². The number of imidazole rings is 1. The number of halogens is 3. The molecule has 1 atom stereocenters. The van der Waals surface area contributed by atoms with E-state index in [-0.39, 0.29) is 30.4 Å². The van der Waals surface area contributed by atoms with Crippen LogP contribution in [0.25, 0.3) is 16.9 Å². The molecule has 0 spiro atoms. The Bertz CT molecular complexity index is 1460. The average Bonchev–Trinajstić information content (AvgIpc) is 3.53. The topological polar surface area (TPSA) is 119 Å². The lowest BCUT2D eigenvalue weighted by Crippen LogP contribution is -2.28. The zero-order valence-corrected chi connectivity index (χ0v) is 22.5. The van der Waals surface area contributed by atoms with E-state index in [1.54, 1.807) is 29.7 Å². The van der Waals surface area contributed by atoms with Gasteiger partial charge in [-0.2, -0.15) is 18.3 Å². The first-order valence-electron chi connectivity index (χ1n) is 13.0. The highest BCUT2D eigenvalue weighted by molar-refractivity contribution is 5.96. The molecule has 1 amide bonds. The number of alkyl halides is 3. The summed E-state index contributed by atoms with van der Waals surface area (Å²) in [4.78, 5) is 21.4. The van der Waals surface area contributed by atoms with Gasteiger partial charge in [-0.05, 0) is 43.5 Å². The van der Waals surface area contributed by atoms with Crippen molar-refractivity contribution in [2.45, 2.75) is 52.4 Å². The fourth-order valence-corrected chi connectivity index (χ4v) is 4.28. The van der Waals surface area contributed by atoms with Crippen LogP contribution in [-0.4, -0.2) is 61.0 Å². The summed E-state index contributed by atoms with van der Waals surface area (Å²) in [5.41, 5.74) is 1.50. The molecule has 4 rings (SSSR count). The molecule has 0 unspecified atom stereocenters. The minimum atomic E-state index is -4.62. The van der Waals surface area contributed by atoms with Crippen LogP contribution in [-0.2, 0) is 23.9 Å². The van der Waals surface area contributed by atoms with Crippen LogP contribution >= 0.6 is 0 Å². The van der Waals surface area contributed by atoms with E-state index in [1.165, 1.54) is 23.3 Å². The number of hydrogen-bond acceptors (Lipinski definition) is 7. The highest BCUT2D eigenvalue weighted by Crippen LogP contribution is 2.37. The van der Waals surface area contributed by atoms with Crippen LogP contribution in [0.5, 0.6) is 0 Å². The van der Waals surface area contributed by atoms with Gasteiger partial charge in [0.1, 0.15) is 0 Å². The van der Waals surface area contributed by atoms with Crippen molar-refractivity contribution in [2.75, 3.05) is 25.1 Å². The predicted octanol–water partition coefficient (Wildman–Crippen LogP) is 4.45. The molecule has 0 fully saturated rings. The van der Waals surface area contributed by atoms with E-state index >= 15 is 0 Å². The molecule has 0 saturated carbocycles. The number of fused-ring (bicyclic) bond motifs is 1. The van der Waals surface area contributed by atoms with E-state index in [0.29, 0.717) is 48.6 Å². The van der Waals surface area contributed by atoms with E-state index < -0.39 is 18.0 Å². The average molecular weight is 560 g/mol. The third kappa shape index (κ3) is 6.59. The summed E-state index contributed by atoms with van der Waals surface area (Å²) in [6, 6.07) is 5.25. The first-order chi connectivity index (χ1) is 19.1. The van der Waals surface area contributed by atoms with Gasteiger partial charge < -0.3 is 20.5 Å². The van der Waals surface area contributed by atoms with Crippen LogP contribution in [0.1, 0.15) is 48.8 Å². The summed E-state index contributed by atoms with van der Waals surface area (Å²) in [5, 5.41) is 19.0. The smallest absolute Gasteiger partial charge is 0.391 e. The lowest BCUT2D eigenvalue weighted by atomic mass is 10.0. The number of amides is 1. The van der Waals surface area contributed by atoms with Crippen molar-refractivity contribution in [2.24, 2.45) is 0 Å². The van der Waals surface area contributed by atoms with Crippen LogP contribution in [0.15, 0.2) is 43.0 Å². The van der Waals surface area contributed by atoms with Gasteiger partial charge in [-0.3, -0.25) is 13.9 Å². The maximum atomic E-state index is 13.8. The number of anilines is 2. The molecule has 3 heterocycles. The second-order valence-electron chi connectivity index (χ2n) is 9.30. The fourth-order valence-electron chi connectivity index (χ4n) is 4.28. The molecular weight excluding hydrogens is 527 g/mol. The third-order valence-corrected chi connectivity index (χ3v) is 6.07. The van der Waals surface area contributed by atoms with Crippen molar-refractivity contribution in [3.63, 3.8) is 0 Å². The summed E-state index contributed by atoms with van der Waals surface area (Å²) >= 11 is 0. The van der Waals surface area contributed by atoms with Crippen LogP contribution in [0, 0.1) is 0 Å². The van der Waals surface area contributed by atoms with Gasteiger partial charge in [0.05, 0.1) is 36.8 Å². The number of nitrogens with one attached hydrogen (secondary N) is 2. The van der Waals surface area contributed by atoms with Crippen molar-refractivity contribution in [3.8, 4) is 11.3 Å². The summed E-state index contributed by atoms with van der Waals surface area (Å²) in [6.07, 6.45) is 1.83. The lowest BCUT2D eigenvalue weighted by Gasteiger charge is -2.13. The molecule has 3 aromatic heterocycles. The number of benzene rings is 1. The predicted molar refractivity (Wildman–Crippen MR) is 143 cm³/mol. The molecule has 0 aliphatic rings. The largest absolute Gasteiger partial charge is 0.435 e. The number of aromatic nitrogens is 5. The van der Waals surface area contributed by atoms with E-state index in [4.69, 9.17) is 4.74 Å². The van der Waals surface area contributed by atoms with Crippen molar-refractivity contribution in [3.05, 3.63) is 59.8 Å². The normalized spacial score (nSPS) is 12.6. The van der Waals surface area contributed by atoms with Gasteiger partial charge in [-0.25, -0.2) is 9.97 Å². The van der Waals surface area contributed by atoms with Crippen molar-refractivity contribution in [1.29, 1.82) is 0 Å². The molecule has 3 N–H and O–H groups in total. The van der Waals surface area contributed by atoms with Gasteiger partial charge in [0.2, 0.25) is 0 Å². The molecule has 0 bridgehead atoms. The molecule has 10 nitrogen and oxygen atoms in total. The maximum Gasteiger partial charge on any atom is 0.435 e. The zero-order chi connectivity index (χ0) is 28.9. The molecule has 214 valence electrons. The van der Waals surface area contributed by atoms with Crippen molar-refractivity contribution < 1.29 is 27.8 Å². The quantitative estimate of drug-likeness (QED) is 0.220. The number of aliphatic hydroxyl groups is 1. The Hall–Kier alpha value is -3.97. The molecule has 4 aromatic rings. The Morgan fingerprint density at radius 2 is 2.02 bits per heavy atom. The number of carbonyl (C=O) groups excluding carboxylic acids is 1. The number of rotatable bonds is 12. The zero-order valence-electron chi connectivity index (χ0n) is 22.5. The van der Waals surface area contributed by atoms with E-state index in [0.717, 1.165) is 5.56 Å². The monoisotopic (exact) mass is 559 g/mol. The number of ether oxygens (including phenoxy) is 1. The number of aryl methyl sites for hydroxylation is 2. The maximum absolute atomic E-state index is 13.8. The standard InChI is InChI=1S/C27H32F3N7O3/c1-4-10-36-15-21(23(35-36)27(28,29)30)22-14-33-25-24(31-8-11-37(22)25)34-19-6-7-20(18(5-2)13-19)26(39)32-9-12-40-16-17(3)38/h6-8,11,13-15,17,38H,4-5,9-10,12,16H2,1-3H3,(H,31,34)(H,32,39)/t17-/m1/s1.